The van der Waals surface area contributed by atoms with Gasteiger partial charge in [-0.2, -0.15) is 10.5 Å². The van der Waals surface area contributed by atoms with Gasteiger partial charge in [-0.1, -0.05) is 24.3 Å². The van der Waals surface area contributed by atoms with Crippen molar-refractivity contribution < 1.29 is 9.53 Å². The van der Waals surface area contributed by atoms with Crippen LogP contribution in [0.15, 0.2) is 54.9 Å². The fourth-order valence-corrected chi connectivity index (χ4v) is 3.43. The Kier molecular flexibility index (Phi) is 4.27. The number of aromatic nitrogens is 1. The summed E-state index contributed by atoms with van der Waals surface area (Å²) in [7, 11) is 1.48. The van der Waals surface area contributed by atoms with E-state index in [0.717, 1.165) is 10.8 Å². The monoisotopic (exact) mass is 369 g/mol. The number of urea groups is 1. The molecule has 0 saturated carbocycles. The van der Waals surface area contributed by atoms with E-state index in [-0.39, 0.29) is 12.6 Å². The Morgan fingerprint density at radius 1 is 1.14 bits per heavy atom. The van der Waals surface area contributed by atoms with Crippen molar-refractivity contribution in [1.29, 1.82) is 10.5 Å². The molecule has 1 atom stereocenters. The van der Waals surface area contributed by atoms with E-state index in [2.05, 4.69) is 17.1 Å². The number of carbonyl (C=O) groups excluding carboxylic acids is 1. The summed E-state index contributed by atoms with van der Waals surface area (Å²) in [5, 5.41) is 20.5. The van der Waals surface area contributed by atoms with Gasteiger partial charge in [0.15, 0.2) is 0 Å². The second kappa shape index (κ2) is 6.90. The van der Waals surface area contributed by atoms with Crippen LogP contribution in [-0.2, 0) is 0 Å². The number of carbonyl (C=O) groups is 1. The highest BCUT2D eigenvalue weighted by atomic mass is 16.5. The summed E-state index contributed by atoms with van der Waals surface area (Å²) < 4.78 is 5.37. The Morgan fingerprint density at radius 3 is 2.71 bits per heavy atom. The Bertz CT molecular complexity index is 1160. The standard InChI is InChI=1S/C21H15N5O2/c1-28-20-8-14(9-22)6-7-18(20)25-13-16(10-23)26(21(25)27)19-12-24-11-15-4-2-3-5-17(15)19/h2-8,11-12,16H,13H2,1H3. The SMILES string of the molecule is COc1cc(C#N)ccc1N1CC(C#N)N(c2cncc3ccccc23)C1=O. The van der Waals surface area contributed by atoms with Crippen molar-refractivity contribution in [3.05, 3.63) is 60.4 Å². The van der Waals surface area contributed by atoms with E-state index in [1.807, 2.05) is 24.3 Å². The Balaban J connectivity index is 1.81. The van der Waals surface area contributed by atoms with E-state index in [4.69, 9.17) is 10.00 Å². The normalized spacial score (nSPS) is 16.1. The van der Waals surface area contributed by atoms with Crippen LogP contribution in [0.4, 0.5) is 16.2 Å². The molecule has 0 N–H and O–H groups in total. The van der Waals surface area contributed by atoms with Crippen molar-refractivity contribution in [3.8, 4) is 17.9 Å². The lowest BCUT2D eigenvalue weighted by atomic mass is 10.1. The molecule has 0 aliphatic carbocycles. The summed E-state index contributed by atoms with van der Waals surface area (Å²) in [5.74, 6) is 0.405. The molecule has 7 nitrogen and oxygen atoms in total. The number of fused-ring (bicyclic) bond motifs is 1. The molecule has 0 radical (unpaired) electrons. The zero-order valence-electron chi connectivity index (χ0n) is 15.0. The second-order valence-corrected chi connectivity index (χ2v) is 6.29. The van der Waals surface area contributed by atoms with Crippen LogP contribution in [-0.4, -0.2) is 30.7 Å². The predicted octanol–water partition coefficient (Wildman–Crippen LogP) is 3.45. The van der Waals surface area contributed by atoms with Gasteiger partial charge in [-0.05, 0) is 12.1 Å². The number of benzene rings is 2. The molecule has 28 heavy (non-hydrogen) atoms. The number of amides is 2. The minimum absolute atomic E-state index is 0.181. The Labute approximate surface area is 161 Å². The number of pyridine rings is 1. The maximum Gasteiger partial charge on any atom is 0.330 e. The van der Waals surface area contributed by atoms with E-state index in [1.54, 1.807) is 30.6 Å². The van der Waals surface area contributed by atoms with Gasteiger partial charge in [-0.25, -0.2) is 4.79 Å². The lowest BCUT2D eigenvalue weighted by Gasteiger charge is -2.22. The van der Waals surface area contributed by atoms with Crippen molar-refractivity contribution in [2.75, 3.05) is 23.5 Å². The highest BCUT2D eigenvalue weighted by Gasteiger charge is 2.41. The van der Waals surface area contributed by atoms with Gasteiger partial charge in [0, 0.05) is 23.0 Å². The molecule has 2 heterocycles. The first-order valence-corrected chi connectivity index (χ1v) is 8.59. The van der Waals surface area contributed by atoms with Gasteiger partial charge in [-0.15, -0.1) is 0 Å². The molecule has 3 aromatic rings. The average molecular weight is 369 g/mol. The summed E-state index contributed by atoms with van der Waals surface area (Å²) in [6.45, 7) is 0.181. The summed E-state index contributed by atoms with van der Waals surface area (Å²) in [6.07, 6.45) is 3.33. The topological polar surface area (TPSA) is 93.2 Å². The van der Waals surface area contributed by atoms with Gasteiger partial charge in [0.05, 0.1) is 48.9 Å². The third-order valence-corrected chi connectivity index (χ3v) is 4.76. The highest BCUT2D eigenvalue weighted by molar-refractivity contribution is 6.12. The fourth-order valence-electron chi connectivity index (χ4n) is 3.43. The van der Waals surface area contributed by atoms with E-state index >= 15 is 0 Å². The van der Waals surface area contributed by atoms with Crippen LogP contribution in [0, 0.1) is 22.7 Å². The molecule has 4 rings (SSSR count). The zero-order valence-corrected chi connectivity index (χ0v) is 15.0. The molecule has 2 amide bonds. The maximum absolute atomic E-state index is 13.3. The molecule has 1 aromatic heterocycles. The molecule has 1 aliphatic rings. The molecule has 0 spiro atoms. The number of rotatable bonds is 3. The molecule has 1 unspecified atom stereocenters. The molecule has 2 aromatic carbocycles. The summed E-state index contributed by atoms with van der Waals surface area (Å²) in [4.78, 5) is 20.5. The number of nitrogens with zero attached hydrogens (tertiary/aromatic N) is 5. The number of nitriles is 2. The largest absolute Gasteiger partial charge is 0.495 e. The molecule has 1 aliphatic heterocycles. The lowest BCUT2D eigenvalue weighted by molar-refractivity contribution is 0.255. The number of ether oxygens (including phenoxy) is 1. The molecule has 1 saturated heterocycles. The van der Waals surface area contributed by atoms with Gasteiger partial charge in [0.1, 0.15) is 11.8 Å². The van der Waals surface area contributed by atoms with E-state index in [1.165, 1.54) is 16.9 Å². The third-order valence-electron chi connectivity index (χ3n) is 4.76. The van der Waals surface area contributed by atoms with Crippen LogP contribution in [0.2, 0.25) is 0 Å². The van der Waals surface area contributed by atoms with Crippen molar-refractivity contribution in [2.24, 2.45) is 0 Å². The van der Waals surface area contributed by atoms with Crippen molar-refractivity contribution in [1.82, 2.24) is 4.98 Å². The fraction of sp³-hybridized carbons (Fsp3) is 0.143. The molecule has 0 bridgehead atoms. The smallest absolute Gasteiger partial charge is 0.330 e. The molecule has 136 valence electrons. The first-order valence-electron chi connectivity index (χ1n) is 8.59. The average Bonchev–Trinajstić information content (AvgIpc) is 3.08. The van der Waals surface area contributed by atoms with E-state index in [0.29, 0.717) is 22.7 Å². The van der Waals surface area contributed by atoms with Gasteiger partial charge >= 0.3 is 6.03 Å². The van der Waals surface area contributed by atoms with E-state index in [9.17, 15) is 10.1 Å². The minimum atomic E-state index is -0.680. The van der Waals surface area contributed by atoms with Crippen molar-refractivity contribution in [2.45, 2.75) is 6.04 Å². The first kappa shape index (κ1) is 17.3. The van der Waals surface area contributed by atoms with Crippen LogP contribution < -0.4 is 14.5 Å². The zero-order chi connectivity index (χ0) is 19.7. The van der Waals surface area contributed by atoms with Crippen molar-refractivity contribution >= 4 is 28.2 Å². The number of hydrogen-bond acceptors (Lipinski definition) is 5. The van der Waals surface area contributed by atoms with Crippen LogP contribution in [0.5, 0.6) is 5.75 Å². The molecule has 1 fully saturated rings. The quantitative estimate of drug-likeness (QED) is 0.705. The van der Waals surface area contributed by atoms with Crippen LogP contribution >= 0.6 is 0 Å². The van der Waals surface area contributed by atoms with Gasteiger partial charge in [0.25, 0.3) is 0 Å². The predicted molar refractivity (Wildman–Crippen MR) is 104 cm³/mol. The molecule has 7 heteroatoms. The Hall–Kier alpha value is -4.10. The molecular formula is C21H15N5O2. The summed E-state index contributed by atoms with van der Waals surface area (Å²) >= 11 is 0. The van der Waals surface area contributed by atoms with Gasteiger partial charge in [-0.3, -0.25) is 14.8 Å². The number of methoxy groups -OCH3 is 1. The number of anilines is 2. The third kappa shape index (κ3) is 2.67. The number of hydrogen-bond donors (Lipinski definition) is 0. The minimum Gasteiger partial charge on any atom is -0.495 e. The van der Waals surface area contributed by atoms with Crippen LogP contribution in [0.1, 0.15) is 5.56 Å². The van der Waals surface area contributed by atoms with Gasteiger partial charge < -0.3 is 4.74 Å². The van der Waals surface area contributed by atoms with Crippen molar-refractivity contribution in [3.63, 3.8) is 0 Å². The second-order valence-electron chi connectivity index (χ2n) is 6.29. The summed E-state index contributed by atoms with van der Waals surface area (Å²) in [5.41, 5.74) is 1.53. The Morgan fingerprint density at radius 2 is 1.96 bits per heavy atom. The lowest BCUT2D eigenvalue weighted by Crippen LogP contribution is -2.34. The van der Waals surface area contributed by atoms with Gasteiger partial charge in [0.2, 0.25) is 0 Å². The molecular weight excluding hydrogens is 354 g/mol. The van der Waals surface area contributed by atoms with E-state index < -0.39 is 6.04 Å². The van der Waals surface area contributed by atoms with Crippen LogP contribution in [0.25, 0.3) is 10.8 Å². The maximum atomic E-state index is 13.3. The first-order chi connectivity index (χ1) is 13.7. The van der Waals surface area contributed by atoms with Crippen LogP contribution in [0.3, 0.4) is 0 Å². The summed E-state index contributed by atoms with van der Waals surface area (Å²) in [6, 6.07) is 15.7. The highest BCUT2D eigenvalue weighted by Crippen LogP contribution is 2.36.